The van der Waals surface area contributed by atoms with Gasteiger partial charge in [0.05, 0.1) is 0 Å². The number of halogens is 1. The Morgan fingerprint density at radius 2 is 1.85 bits per heavy atom. The Hall–Kier alpha value is -1.41. The van der Waals surface area contributed by atoms with Gasteiger partial charge in [0.2, 0.25) is 0 Å². The monoisotopic (exact) mass is 194 g/mol. The van der Waals surface area contributed by atoms with E-state index >= 15 is 0 Å². The fourth-order valence-corrected chi connectivity index (χ4v) is 1.42. The molecule has 0 atom stereocenters. The summed E-state index contributed by atoms with van der Waals surface area (Å²) in [7, 11) is 0. The van der Waals surface area contributed by atoms with Gasteiger partial charge in [-0.25, -0.2) is 0 Å². The lowest BCUT2D eigenvalue weighted by atomic mass is 10.1. The molecule has 0 aromatic heterocycles. The van der Waals surface area contributed by atoms with Crippen LogP contribution in [-0.4, -0.2) is 5.11 Å². The van der Waals surface area contributed by atoms with E-state index in [0.29, 0.717) is 0 Å². The molecule has 0 saturated carbocycles. The molecular weight excluding hydrogens is 188 g/mol. The van der Waals surface area contributed by atoms with Crippen LogP contribution >= 0.6 is 11.9 Å². The van der Waals surface area contributed by atoms with Crippen molar-refractivity contribution in [3.63, 3.8) is 0 Å². The van der Waals surface area contributed by atoms with Crippen molar-refractivity contribution in [2.45, 2.75) is 0 Å². The van der Waals surface area contributed by atoms with E-state index in [4.69, 9.17) is 11.9 Å². The van der Waals surface area contributed by atoms with Crippen molar-refractivity contribution >= 4 is 22.6 Å². The van der Waals surface area contributed by atoms with Crippen molar-refractivity contribution in [2.24, 2.45) is 0 Å². The fraction of sp³-hybridized carbons (Fsp3) is 0. The number of benzene rings is 2. The summed E-state index contributed by atoms with van der Waals surface area (Å²) >= 11 is 5.17. The summed E-state index contributed by atoms with van der Waals surface area (Å²) < 4.78 is 4.48. The molecular formula is C10H7ClO2. The predicted octanol–water partition coefficient (Wildman–Crippen LogP) is 3.08. The number of hydrogen-bond donors (Lipinski definition) is 1. The third kappa shape index (κ3) is 1.29. The Morgan fingerprint density at radius 3 is 2.62 bits per heavy atom. The number of rotatable bonds is 1. The van der Waals surface area contributed by atoms with Crippen LogP contribution in [0.4, 0.5) is 0 Å². The molecule has 0 radical (unpaired) electrons. The molecule has 0 fully saturated rings. The largest absolute Gasteiger partial charge is 0.504 e. The first kappa shape index (κ1) is 8.20. The Labute approximate surface area is 80.5 Å². The molecule has 2 nitrogen and oxygen atoms in total. The molecule has 3 heteroatoms. The lowest BCUT2D eigenvalue weighted by Gasteiger charge is -2.03. The lowest BCUT2D eigenvalue weighted by Crippen LogP contribution is -1.78. The van der Waals surface area contributed by atoms with Gasteiger partial charge in [0.25, 0.3) is 0 Å². The van der Waals surface area contributed by atoms with Gasteiger partial charge in [0, 0.05) is 5.39 Å². The average molecular weight is 195 g/mol. The summed E-state index contributed by atoms with van der Waals surface area (Å²) in [5, 5.41) is 11.3. The van der Waals surface area contributed by atoms with Crippen LogP contribution in [0.25, 0.3) is 10.8 Å². The topological polar surface area (TPSA) is 29.5 Å². The van der Waals surface area contributed by atoms with Crippen molar-refractivity contribution in [3.05, 3.63) is 36.4 Å². The summed E-state index contributed by atoms with van der Waals surface area (Å²) in [6.45, 7) is 0. The van der Waals surface area contributed by atoms with Crippen LogP contribution in [0.2, 0.25) is 0 Å². The van der Waals surface area contributed by atoms with Crippen molar-refractivity contribution in [2.75, 3.05) is 0 Å². The maximum atomic E-state index is 9.64. The van der Waals surface area contributed by atoms with Gasteiger partial charge >= 0.3 is 0 Å². The highest BCUT2D eigenvalue weighted by Gasteiger charge is 2.05. The first-order valence-electron chi connectivity index (χ1n) is 3.82. The van der Waals surface area contributed by atoms with Gasteiger partial charge in [-0.2, -0.15) is 0 Å². The van der Waals surface area contributed by atoms with Crippen molar-refractivity contribution in [1.82, 2.24) is 0 Å². The molecule has 2 aromatic rings. The molecule has 0 bridgehead atoms. The van der Waals surface area contributed by atoms with E-state index in [0.717, 1.165) is 10.8 Å². The maximum absolute atomic E-state index is 9.64. The molecule has 1 N–H and O–H groups in total. The summed E-state index contributed by atoms with van der Waals surface area (Å²) in [4.78, 5) is 0. The summed E-state index contributed by atoms with van der Waals surface area (Å²) in [6, 6.07) is 10.9. The molecule has 0 spiro atoms. The highest BCUT2D eigenvalue weighted by atomic mass is 35.5. The van der Waals surface area contributed by atoms with Crippen LogP contribution in [0.1, 0.15) is 0 Å². The van der Waals surface area contributed by atoms with Crippen molar-refractivity contribution in [3.8, 4) is 11.5 Å². The Balaban J connectivity index is 2.79. The van der Waals surface area contributed by atoms with E-state index in [9.17, 15) is 5.11 Å². The van der Waals surface area contributed by atoms with Crippen LogP contribution in [0, 0.1) is 0 Å². The SMILES string of the molecule is Oc1c(OCl)ccc2ccccc12. The van der Waals surface area contributed by atoms with Gasteiger partial charge in [-0.15, -0.1) is 0 Å². The predicted molar refractivity (Wildman–Crippen MR) is 52.1 cm³/mol. The summed E-state index contributed by atoms with van der Waals surface area (Å²) in [5.41, 5.74) is 0. The number of phenols is 1. The van der Waals surface area contributed by atoms with Gasteiger partial charge in [-0.3, -0.25) is 0 Å². The molecule has 0 aliphatic rings. The van der Waals surface area contributed by atoms with E-state index in [2.05, 4.69) is 4.29 Å². The lowest BCUT2D eigenvalue weighted by molar-refractivity contribution is 0.453. The highest BCUT2D eigenvalue weighted by Crippen LogP contribution is 2.34. The number of aromatic hydroxyl groups is 1. The quantitative estimate of drug-likeness (QED) is 0.756. The minimum absolute atomic E-state index is 0.0769. The molecule has 0 unspecified atom stereocenters. The molecule has 2 aromatic carbocycles. The molecule has 0 aliphatic heterocycles. The smallest absolute Gasteiger partial charge is 0.188 e. The molecule has 13 heavy (non-hydrogen) atoms. The number of phenolic OH excluding ortho intramolecular Hbond substituents is 1. The highest BCUT2D eigenvalue weighted by molar-refractivity contribution is 6.09. The Morgan fingerprint density at radius 1 is 1.08 bits per heavy atom. The van der Waals surface area contributed by atoms with Crippen LogP contribution in [-0.2, 0) is 0 Å². The minimum atomic E-state index is 0.0769. The molecule has 2 rings (SSSR count). The molecule has 0 amide bonds. The van der Waals surface area contributed by atoms with Gasteiger partial charge < -0.3 is 9.40 Å². The second-order valence-electron chi connectivity index (χ2n) is 2.71. The summed E-state index contributed by atoms with van der Waals surface area (Å²) in [6.07, 6.45) is 0. The zero-order valence-electron chi connectivity index (χ0n) is 6.70. The minimum Gasteiger partial charge on any atom is -0.504 e. The number of hydrogen-bond acceptors (Lipinski definition) is 2. The maximum Gasteiger partial charge on any atom is 0.188 e. The van der Waals surface area contributed by atoms with Gasteiger partial charge in [0.1, 0.15) is 11.9 Å². The van der Waals surface area contributed by atoms with Gasteiger partial charge in [-0.05, 0) is 11.5 Å². The third-order valence-electron chi connectivity index (χ3n) is 1.95. The van der Waals surface area contributed by atoms with E-state index in [1.54, 1.807) is 6.07 Å². The molecule has 0 saturated heterocycles. The molecule has 66 valence electrons. The fourth-order valence-electron chi connectivity index (χ4n) is 1.30. The van der Waals surface area contributed by atoms with Crippen LogP contribution in [0.15, 0.2) is 36.4 Å². The van der Waals surface area contributed by atoms with Gasteiger partial charge in [-0.1, -0.05) is 30.3 Å². The van der Waals surface area contributed by atoms with E-state index in [1.807, 2.05) is 30.3 Å². The van der Waals surface area contributed by atoms with E-state index in [-0.39, 0.29) is 11.5 Å². The molecule has 0 aliphatic carbocycles. The second kappa shape index (κ2) is 3.15. The Kier molecular flexibility index (Phi) is 1.99. The zero-order chi connectivity index (χ0) is 9.26. The normalized spacial score (nSPS) is 10.2. The Bertz CT molecular complexity index is 440. The summed E-state index contributed by atoms with van der Waals surface area (Å²) in [5.74, 6) is 0.355. The van der Waals surface area contributed by atoms with Crippen molar-refractivity contribution in [1.29, 1.82) is 0 Å². The van der Waals surface area contributed by atoms with E-state index in [1.165, 1.54) is 0 Å². The number of fused-ring (bicyclic) bond motifs is 1. The molecule has 0 heterocycles. The second-order valence-corrected chi connectivity index (χ2v) is 2.86. The zero-order valence-corrected chi connectivity index (χ0v) is 7.45. The van der Waals surface area contributed by atoms with Crippen LogP contribution < -0.4 is 4.29 Å². The first-order chi connectivity index (χ1) is 6.33. The van der Waals surface area contributed by atoms with Gasteiger partial charge in [0.15, 0.2) is 11.5 Å². The van der Waals surface area contributed by atoms with Crippen molar-refractivity contribution < 1.29 is 9.40 Å². The van der Waals surface area contributed by atoms with Crippen LogP contribution in [0.3, 0.4) is 0 Å². The van der Waals surface area contributed by atoms with E-state index < -0.39 is 0 Å². The third-order valence-corrected chi connectivity index (χ3v) is 2.11. The average Bonchev–Trinajstić information content (AvgIpc) is 2.19. The standard InChI is InChI=1S/C10H7ClO2/c11-13-9-6-5-7-3-1-2-4-8(7)10(9)12/h1-6,12H. The first-order valence-corrected chi connectivity index (χ1v) is 4.13. The van der Waals surface area contributed by atoms with Crippen LogP contribution in [0.5, 0.6) is 11.5 Å².